The molecule has 7 heteroatoms. The van der Waals surface area contributed by atoms with E-state index in [1.807, 2.05) is 6.20 Å². The number of rotatable bonds is 8. The van der Waals surface area contributed by atoms with Crippen LogP contribution in [0.1, 0.15) is 33.9 Å². The highest BCUT2D eigenvalue weighted by atomic mass is 32.1. The van der Waals surface area contributed by atoms with Gasteiger partial charge in [0.2, 0.25) is 0 Å². The van der Waals surface area contributed by atoms with E-state index in [0.29, 0.717) is 12.7 Å². The van der Waals surface area contributed by atoms with Crippen molar-refractivity contribution in [3.63, 3.8) is 0 Å². The first-order valence-corrected chi connectivity index (χ1v) is 10.7. The van der Waals surface area contributed by atoms with E-state index in [4.69, 9.17) is 9.47 Å². The number of hydrogen-bond acceptors (Lipinski definition) is 5. The predicted octanol–water partition coefficient (Wildman–Crippen LogP) is 3.05. The van der Waals surface area contributed by atoms with Crippen LogP contribution in [-0.2, 0) is 29.0 Å². The van der Waals surface area contributed by atoms with Crippen LogP contribution in [0.15, 0.2) is 35.5 Å². The second kappa shape index (κ2) is 11.1. The molecule has 6 nitrogen and oxygen atoms in total. The molecular formula is C21H30N4O2S. The van der Waals surface area contributed by atoms with Crippen LogP contribution in [0.2, 0.25) is 0 Å². The molecule has 0 amide bonds. The molecule has 0 atom stereocenters. The molecule has 3 rings (SSSR count). The standard InChI is InChI=1S/C21H30N4O2S/c1-16-13-24-20(28-16)6-9-23-21(22-2)25-14-17-4-3-5-18(12-17)15-27-19-7-10-26-11-8-19/h3-5,12-13,19H,6-11,14-15H2,1-2H3,(H2,22,23,25). The van der Waals surface area contributed by atoms with E-state index in [1.54, 1.807) is 18.4 Å². The van der Waals surface area contributed by atoms with Gasteiger partial charge in [-0.25, -0.2) is 4.98 Å². The summed E-state index contributed by atoms with van der Waals surface area (Å²) in [5.74, 6) is 0.803. The minimum Gasteiger partial charge on any atom is -0.381 e. The lowest BCUT2D eigenvalue weighted by atomic mass is 10.1. The van der Waals surface area contributed by atoms with Crippen LogP contribution in [0.4, 0.5) is 0 Å². The second-order valence-corrected chi connectivity index (χ2v) is 8.23. The van der Waals surface area contributed by atoms with Crippen LogP contribution in [0.25, 0.3) is 0 Å². The molecule has 1 aliphatic heterocycles. The number of hydrogen-bond donors (Lipinski definition) is 2. The van der Waals surface area contributed by atoms with Crippen molar-refractivity contribution in [1.29, 1.82) is 0 Å². The molecule has 28 heavy (non-hydrogen) atoms. The molecule has 0 spiro atoms. The Morgan fingerprint density at radius 2 is 2.11 bits per heavy atom. The number of aliphatic imine (C=N–C) groups is 1. The largest absolute Gasteiger partial charge is 0.381 e. The normalized spacial score (nSPS) is 15.6. The zero-order valence-corrected chi connectivity index (χ0v) is 17.6. The molecule has 2 heterocycles. The molecule has 0 aliphatic carbocycles. The number of thiazole rings is 1. The molecular weight excluding hydrogens is 372 g/mol. The number of aryl methyl sites for hydroxylation is 1. The van der Waals surface area contributed by atoms with Crippen LogP contribution >= 0.6 is 11.3 Å². The van der Waals surface area contributed by atoms with E-state index in [1.165, 1.54) is 16.0 Å². The Morgan fingerprint density at radius 1 is 1.29 bits per heavy atom. The maximum atomic E-state index is 6.03. The van der Waals surface area contributed by atoms with Crippen molar-refractivity contribution in [3.8, 4) is 0 Å². The third-order valence-corrected chi connectivity index (χ3v) is 5.60. The van der Waals surface area contributed by atoms with E-state index >= 15 is 0 Å². The molecule has 0 unspecified atom stereocenters. The van der Waals surface area contributed by atoms with Crippen molar-refractivity contribution in [2.45, 2.75) is 45.4 Å². The quantitative estimate of drug-likeness (QED) is 0.525. The number of guanidine groups is 1. The van der Waals surface area contributed by atoms with Crippen molar-refractivity contribution >= 4 is 17.3 Å². The second-order valence-electron chi connectivity index (χ2n) is 6.91. The monoisotopic (exact) mass is 402 g/mol. The summed E-state index contributed by atoms with van der Waals surface area (Å²) in [6, 6.07) is 8.51. The van der Waals surface area contributed by atoms with Gasteiger partial charge in [0.05, 0.1) is 17.7 Å². The molecule has 0 bridgehead atoms. The van der Waals surface area contributed by atoms with Crippen LogP contribution in [0.3, 0.4) is 0 Å². The molecule has 1 aliphatic rings. The van der Waals surface area contributed by atoms with Crippen LogP contribution in [0.5, 0.6) is 0 Å². The van der Waals surface area contributed by atoms with Gasteiger partial charge in [0.1, 0.15) is 0 Å². The van der Waals surface area contributed by atoms with Crippen molar-refractivity contribution in [1.82, 2.24) is 15.6 Å². The summed E-state index contributed by atoms with van der Waals surface area (Å²) in [6.07, 6.45) is 5.12. The highest BCUT2D eigenvalue weighted by Crippen LogP contribution is 2.14. The Bertz CT molecular complexity index is 756. The average Bonchev–Trinajstić information content (AvgIpc) is 3.15. The van der Waals surface area contributed by atoms with Gasteiger partial charge in [-0.3, -0.25) is 4.99 Å². The van der Waals surface area contributed by atoms with Crippen molar-refractivity contribution in [3.05, 3.63) is 51.5 Å². The SMILES string of the molecule is CN=C(NCCc1ncc(C)s1)NCc1cccc(COC2CCOCC2)c1. The Kier molecular flexibility index (Phi) is 8.26. The van der Waals surface area contributed by atoms with Gasteiger partial charge < -0.3 is 20.1 Å². The van der Waals surface area contributed by atoms with Gasteiger partial charge in [0, 0.05) is 50.8 Å². The van der Waals surface area contributed by atoms with E-state index < -0.39 is 0 Å². The zero-order valence-electron chi connectivity index (χ0n) is 16.7. The molecule has 1 saturated heterocycles. The summed E-state index contributed by atoms with van der Waals surface area (Å²) >= 11 is 1.74. The smallest absolute Gasteiger partial charge is 0.191 e. The summed E-state index contributed by atoms with van der Waals surface area (Å²) in [5.41, 5.74) is 2.42. The van der Waals surface area contributed by atoms with Crippen molar-refractivity contribution in [2.24, 2.45) is 4.99 Å². The Morgan fingerprint density at radius 3 is 2.86 bits per heavy atom. The fraction of sp³-hybridized carbons (Fsp3) is 0.524. The Hall–Kier alpha value is -1.96. The minimum atomic E-state index is 0.320. The minimum absolute atomic E-state index is 0.320. The lowest BCUT2D eigenvalue weighted by Crippen LogP contribution is -2.37. The molecule has 0 radical (unpaired) electrons. The van der Waals surface area contributed by atoms with Crippen molar-refractivity contribution in [2.75, 3.05) is 26.8 Å². The first-order chi connectivity index (χ1) is 13.7. The summed E-state index contributed by atoms with van der Waals surface area (Å²) in [6.45, 7) is 5.88. The summed E-state index contributed by atoms with van der Waals surface area (Å²) in [7, 11) is 1.79. The van der Waals surface area contributed by atoms with E-state index in [2.05, 4.69) is 51.8 Å². The zero-order chi connectivity index (χ0) is 19.6. The highest BCUT2D eigenvalue weighted by Gasteiger charge is 2.14. The molecule has 1 aromatic heterocycles. The third kappa shape index (κ3) is 6.89. The molecule has 1 fully saturated rings. The van der Waals surface area contributed by atoms with Crippen molar-refractivity contribution < 1.29 is 9.47 Å². The Labute approximate surface area is 171 Å². The van der Waals surface area contributed by atoms with Gasteiger partial charge in [-0.15, -0.1) is 11.3 Å². The summed E-state index contributed by atoms with van der Waals surface area (Å²) < 4.78 is 11.4. The van der Waals surface area contributed by atoms with Gasteiger partial charge in [-0.2, -0.15) is 0 Å². The van der Waals surface area contributed by atoms with Crippen LogP contribution < -0.4 is 10.6 Å². The maximum absolute atomic E-state index is 6.03. The first kappa shape index (κ1) is 20.8. The number of ether oxygens (including phenoxy) is 2. The van der Waals surface area contributed by atoms with E-state index in [9.17, 15) is 0 Å². The van der Waals surface area contributed by atoms with Crippen LogP contribution in [0, 0.1) is 6.92 Å². The number of aromatic nitrogens is 1. The van der Waals surface area contributed by atoms with E-state index in [0.717, 1.165) is 56.5 Å². The van der Waals surface area contributed by atoms with E-state index in [-0.39, 0.29) is 0 Å². The molecule has 1 aromatic carbocycles. The summed E-state index contributed by atoms with van der Waals surface area (Å²) in [5, 5.41) is 7.87. The van der Waals surface area contributed by atoms with Gasteiger partial charge >= 0.3 is 0 Å². The van der Waals surface area contributed by atoms with Gasteiger partial charge in [0.15, 0.2) is 5.96 Å². The average molecular weight is 403 g/mol. The predicted molar refractivity (Wildman–Crippen MR) is 114 cm³/mol. The van der Waals surface area contributed by atoms with Gasteiger partial charge in [0.25, 0.3) is 0 Å². The lowest BCUT2D eigenvalue weighted by molar-refractivity contribution is -0.0390. The molecule has 0 saturated carbocycles. The van der Waals surface area contributed by atoms with Gasteiger partial charge in [-0.1, -0.05) is 24.3 Å². The number of nitrogens with one attached hydrogen (secondary N) is 2. The Balaban J connectivity index is 1.40. The topological polar surface area (TPSA) is 67.8 Å². The van der Waals surface area contributed by atoms with Gasteiger partial charge in [-0.05, 0) is 30.9 Å². The molecule has 152 valence electrons. The highest BCUT2D eigenvalue weighted by molar-refractivity contribution is 7.11. The van der Waals surface area contributed by atoms with Crippen LogP contribution in [-0.4, -0.2) is 43.9 Å². The summed E-state index contributed by atoms with van der Waals surface area (Å²) in [4.78, 5) is 9.94. The number of nitrogens with zero attached hydrogens (tertiary/aromatic N) is 2. The molecule has 2 aromatic rings. The number of benzene rings is 1. The lowest BCUT2D eigenvalue weighted by Gasteiger charge is -2.22. The fourth-order valence-corrected chi connectivity index (χ4v) is 3.88. The molecule has 2 N–H and O–H groups in total. The maximum Gasteiger partial charge on any atom is 0.191 e. The third-order valence-electron chi connectivity index (χ3n) is 4.63. The first-order valence-electron chi connectivity index (χ1n) is 9.86. The fourth-order valence-electron chi connectivity index (χ4n) is 3.10.